The molecule has 16 heavy (non-hydrogen) atoms. The Labute approximate surface area is 98.8 Å². The third-order valence-corrected chi connectivity index (χ3v) is 2.04. The average Bonchev–Trinajstić information content (AvgIpc) is 2.32. The van der Waals surface area contributed by atoms with Crippen molar-refractivity contribution < 1.29 is 0 Å². The van der Waals surface area contributed by atoms with Crippen molar-refractivity contribution in [2.24, 2.45) is 0 Å². The SMILES string of the molecule is C=C/C=C(\C=C)N(C(=C)C=C)/C(C=C)=C/C. The van der Waals surface area contributed by atoms with Gasteiger partial charge in [0.25, 0.3) is 0 Å². The Morgan fingerprint density at radius 1 is 0.938 bits per heavy atom. The van der Waals surface area contributed by atoms with Crippen LogP contribution in [-0.4, -0.2) is 4.90 Å². The summed E-state index contributed by atoms with van der Waals surface area (Å²) in [7, 11) is 0. The smallest absolute Gasteiger partial charge is 0.0455 e. The van der Waals surface area contributed by atoms with E-state index in [1.165, 1.54) is 0 Å². The van der Waals surface area contributed by atoms with Crippen LogP contribution in [0.5, 0.6) is 0 Å². The van der Waals surface area contributed by atoms with Crippen LogP contribution in [0, 0.1) is 0 Å². The van der Waals surface area contributed by atoms with Crippen molar-refractivity contribution in [3.05, 3.63) is 86.4 Å². The zero-order valence-electron chi connectivity index (χ0n) is 9.95. The number of allylic oxidation sites excluding steroid dienone is 6. The summed E-state index contributed by atoms with van der Waals surface area (Å²) in [6.45, 7) is 20.8. The molecule has 0 amide bonds. The zero-order chi connectivity index (χ0) is 12.6. The van der Waals surface area contributed by atoms with Crippen molar-refractivity contribution in [2.75, 3.05) is 0 Å². The van der Waals surface area contributed by atoms with E-state index in [-0.39, 0.29) is 0 Å². The molecule has 0 N–H and O–H groups in total. The van der Waals surface area contributed by atoms with Crippen LogP contribution in [0.2, 0.25) is 0 Å². The monoisotopic (exact) mass is 213 g/mol. The van der Waals surface area contributed by atoms with Crippen molar-refractivity contribution in [3.63, 3.8) is 0 Å². The van der Waals surface area contributed by atoms with Gasteiger partial charge in [0.1, 0.15) is 0 Å². The second kappa shape index (κ2) is 7.30. The Morgan fingerprint density at radius 3 is 1.81 bits per heavy atom. The maximum absolute atomic E-state index is 3.94. The zero-order valence-corrected chi connectivity index (χ0v) is 9.95. The fourth-order valence-electron chi connectivity index (χ4n) is 1.26. The van der Waals surface area contributed by atoms with Crippen molar-refractivity contribution in [2.45, 2.75) is 6.92 Å². The summed E-state index contributed by atoms with van der Waals surface area (Å²) in [5, 5.41) is 0. The van der Waals surface area contributed by atoms with Crippen LogP contribution in [0.1, 0.15) is 6.92 Å². The quantitative estimate of drug-likeness (QED) is 0.569. The molecule has 0 spiro atoms. The van der Waals surface area contributed by atoms with Gasteiger partial charge in [-0.15, -0.1) is 0 Å². The predicted molar refractivity (Wildman–Crippen MR) is 73.6 cm³/mol. The van der Waals surface area contributed by atoms with E-state index in [0.717, 1.165) is 17.1 Å². The predicted octanol–water partition coefficient (Wildman–Crippen LogP) is 4.33. The Kier molecular flexibility index (Phi) is 6.37. The molecule has 0 aromatic carbocycles. The second-order valence-corrected chi connectivity index (χ2v) is 2.98. The van der Waals surface area contributed by atoms with E-state index in [0.29, 0.717) is 0 Å². The highest BCUT2D eigenvalue weighted by atomic mass is 15.2. The molecule has 0 saturated carbocycles. The molecule has 0 unspecified atom stereocenters. The van der Waals surface area contributed by atoms with Gasteiger partial charge in [0, 0.05) is 17.1 Å². The molecule has 1 heteroatoms. The normalized spacial score (nSPS) is 11.6. The lowest BCUT2D eigenvalue weighted by atomic mass is 10.2. The minimum atomic E-state index is 0.765. The first-order chi connectivity index (χ1) is 7.65. The number of nitrogens with zero attached hydrogens (tertiary/aromatic N) is 1. The van der Waals surface area contributed by atoms with E-state index in [1.54, 1.807) is 24.3 Å². The van der Waals surface area contributed by atoms with Gasteiger partial charge in [-0.05, 0) is 31.2 Å². The van der Waals surface area contributed by atoms with Gasteiger partial charge in [0.15, 0.2) is 0 Å². The van der Waals surface area contributed by atoms with E-state index in [9.17, 15) is 0 Å². The molecule has 84 valence electrons. The summed E-state index contributed by atoms with van der Waals surface area (Å²) in [6, 6.07) is 0. The molecule has 0 aliphatic heterocycles. The summed E-state index contributed by atoms with van der Waals surface area (Å²) in [5.41, 5.74) is 2.58. The molecule has 0 aliphatic carbocycles. The van der Waals surface area contributed by atoms with Crippen LogP contribution < -0.4 is 0 Å². The summed E-state index contributed by atoms with van der Waals surface area (Å²) in [6.07, 6.45) is 10.7. The van der Waals surface area contributed by atoms with Gasteiger partial charge in [-0.2, -0.15) is 0 Å². The summed E-state index contributed by atoms with van der Waals surface area (Å²) >= 11 is 0. The average molecular weight is 213 g/mol. The fraction of sp³-hybridized carbons (Fsp3) is 0.0667. The first-order valence-corrected chi connectivity index (χ1v) is 5.01. The van der Waals surface area contributed by atoms with Gasteiger partial charge in [0.2, 0.25) is 0 Å². The molecule has 0 radical (unpaired) electrons. The van der Waals surface area contributed by atoms with Crippen molar-refractivity contribution in [1.82, 2.24) is 4.90 Å². The van der Waals surface area contributed by atoms with Gasteiger partial charge in [-0.3, -0.25) is 0 Å². The lowest BCUT2D eigenvalue weighted by Crippen LogP contribution is -2.18. The molecule has 0 aromatic heterocycles. The molecule has 0 heterocycles. The van der Waals surface area contributed by atoms with Crippen LogP contribution in [0.3, 0.4) is 0 Å². The molecular weight excluding hydrogens is 194 g/mol. The first-order valence-electron chi connectivity index (χ1n) is 5.01. The molecule has 0 aliphatic rings. The molecule has 0 bridgehead atoms. The third kappa shape index (κ3) is 3.28. The van der Waals surface area contributed by atoms with Crippen LogP contribution in [-0.2, 0) is 0 Å². The van der Waals surface area contributed by atoms with Crippen molar-refractivity contribution in [1.29, 1.82) is 0 Å². The first kappa shape index (κ1) is 14.0. The van der Waals surface area contributed by atoms with Crippen LogP contribution in [0.4, 0.5) is 0 Å². The number of hydrogen-bond donors (Lipinski definition) is 0. The molecule has 0 saturated heterocycles. The second-order valence-electron chi connectivity index (χ2n) is 2.98. The molecule has 0 aromatic rings. The van der Waals surface area contributed by atoms with E-state index in [2.05, 4.69) is 32.9 Å². The number of rotatable bonds is 7. The molecule has 0 rings (SSSR count). The van der Waals surface area contributed by atoms with E-state index in [4.69, 9.17) is 0 Å². The minimum Gasteiger partial charge on any atom is -0.312 e. The van der Waals surface area contributed by atoms with Crippen molar-refractivity contribution >= 4 is 0 Å². The third-order valence-electron chi connectivity index (χ3n) is 2.04. The highest BCUT2D eigenvalue weighted by molar-refractivity contribution is 5.36. The van der Waals surface area contributed by atoms with Crippen LogP contribution in [0.25, 0.3) is 0 Å². The van der Waals surface area contributed by atoms with Crippen LogP contribution >= 0.6 is 0 Å². The molecule has 0 fully saturated rings. The van der Waals surface area contributed by atoms with E-state index < -0.39 is 0 Å². The van der Waals surface area contributed by atoms with Crippen molar-refractivity contribution in [3.8, 4) is 0 Å². The lowest BCUT2D eigenvalue weighted by molar-refractivity contribution is 0.580. The van der Waals surface area contributed by atoms with Gasteiger partial charge in [-0.1, -0.05) is 45.0 Å². The highest BCUT2D eigenvalue weighted by Gasteiger charge is 2.10. The Morgan fingerprint density at radius 2 is 1.50 bits per heavy atom. The summed E-state index contributed by atoms with van der Waals surface area (Å²) in [4.78, 5) is 1.91. The molecule has 0 atom stereocenters. The van der Waals surface area contributed by atoms with Gasteiger partial charge >= 0.3 is 0 Å². The Hall–Kier alpha value is -2.02. The van der Waals surface area contributed by atoms with E-state index in [1.807, 2.05) is 24.0 Å². The maximum Gasteiger partial charge on any atom is 0.0455 e. The van der Waals surface area contributed by atoms with Gasteiger partial charge < -0.3 is 4.90 Å². The summed E-state index contributed by atoms with van der Waals surface area (Å²) < 4.78 is 0. The maximum atomic E-state index is 3.94. The standard InChI is InChI=1S/C15H19N/c1-7-12-15(11-5)16(13(6)8-2)14(9-3)10-4/h7-12H,1-3,5-6H2,4H3/b14-10+,15-12+. The fourth-order valence-corrected chi connectivity index (χ4v) is 1.26. The largest absolute Gasteiger partial charge is 0.312 e. The lowest BCUT2D eigenvalue weighted by Gasteiger charge is -2.26. The van der Waals surface area contributed by atoms with Gasteiger partial charge in [-0.25, -0.2) is 0 Å². The van der Waals surface area contributed by atoms with Crippen LogP contribution in [0.15, 0.2) is 86.4 Å². The minimum absolute atomic E-state index is 0.765. The Balaban J connectivity index is 5.55. The highest BCUT2D eigenvalue weighted by Crippen LogP contribution is 2.21. The van der Waals surface area contributed by atoms with Gasteiger partial charge in [0.05, 0.1) is 0 Å². The topological polar surface area (TPSA) is 3.24 Å². The number of hydrogen-bond acceptors (Lipinski definition) is 1. The Bertz CT molecular complexity index is 367. The summed E-state index contributed by atoms with van der Waals surface area (Å²) in [5.74, 6) is 0. The molecular formula is C15H19N. The van der Waals surface area contributed by atoms with E-state index >= 15 is 0 Å². The molecule has 1 nitrogen and oxygen atoms in total.